The Kier molecular flexibility index (Phi) is 1.79. The van der Waals surface area contributed by atoms with Crippen LogP contribution in [0.4, 0.5) is 0 Å². The van der Waals surface area contributed by atoms with Crippen LogP contribution in [0.2, 0.25) is 0 Å². The highest BCUT2D eigenvalue weighted by molar-refractivity contribution is 5.24. The van der Waals surface area contributed by atoms with E-state index in [1.807, 2.05) is 13.8 Å². The summed E-state index contributed by atoms with van der Waals surface area (Å²) in [6.07, 6.45) is -2.52. The standard InChI is InChI=1S/C11H18O5/c1-9(2)14-7-8(15-9)11(4)6(13)5(12)10(7,3)16-11/h5-8,12-13H,1-4H3. The Morgan fingerprint density at radius 1 is 0.812 bits per heavy atom. The topological polar surface area (TPSA) is 68.2 Å². The van der Waals surface area contributed by atoms with Gasteiger partial charge in [-0.3, -0.25) is 0 Å². The summed E-state index contributed by atoms with van der Waals surface area (Å²) in [7, 11) is 0. The molecule has 0 radical (unpaired) electrons. The van der Waals surface area contributed by atoms with Crippen molar-refractivity contribution in [2.75, 3.05) is 0 Å². The fraction of sp³-hybridized carbons (Fsp3) is 1.00. The van der Waals surface area contributed by atoms with E-state index in [1.165, 1.54) is 0 Å². The number of rotatable bonds is 0. The van der Waals surface area contributed by atoms with Gasteiger partial charge in [0.1, 0.15) is 35.6 Å². The zero-order valence-corrected chi connectivity index (χ0v) is 9.93. The lowest BCUT2D eigenvalue weighted by molar-refractivity contribution is -0.214. The van der Waals surface area contributed by atoms with Gasteiger partial charge in [0.05, 0.1) is 0 Å². The molecule has 5 nitrogen and oxygen atoms in total. The molecule has 0 aromatic carbocycles. The molecule has 2 N–H and O–H groups in total. The molecule has 3 fully saturated rings. The molecule has 3 heterocycles. The van der Waals surface area contributed by atoms with E-state index < -0.39 is 29.2 Å². The van der Waals surface area contributed by atoms with Gasteiger partial charge in [-0.05, 0) is 27.7 Å². The van der Waals surface area contributed by atoms with Crippen molar-refractivity contribution in [2.24, 2.45) is 0 Å². The lowest BCUT2D eigenvalue weighted by Crippen LogP contribution is -2.60. The molecule has 3 aliphatic heterocycles. The lowest BCUT2D eigenvalue weighted by Gasteiger charge is -2.36. The number of fused-ring (bicyclic) bond motifs is 5. The van der Waals surface area contributed by atoms with Gasteiger partial charge in [0.15, 0.2) is 5.79 Å². The first-order valence-corrected chi connectivity index (χ1v) is 5.63. The molecule has 0 amide bonds. The molecule has 92 valence electrons. The van der Waals surface area contributed by atoms with E-state index in [4.69, 9.17) is 14.2 Å². The zero-order valence-electron chi connectivity index (χ0n) is 9.93. The van der Waals surface area contributed by atoms with E-state index in [-0.39, 0.29) is 12.2 Å². The van der Waals surface area contributed by atoms with Gasteiger partial charge < -0.3 is 24.4 Å². The van der Waals surface area contributed by atoms with Crippen molar-refractivity contribution in [1.82, 2.24) is 0 Å². The number of aliphatic hydroxyl groups is 2. The van der Waals surface area contributed by atoms with Gasteiger partial charge in [-0.25, -0.2) is 0 Å². The van der Waals surface area contributed by atoms with Gasteiger partial charge in [-0.2, -0.15) is 0 Å². The van der Waals surface area contributed by atoms with E-state index in [1.54, 1.807) is 13.8 Å². The first kappa shape index (κ1) is 10.9. The first-order valence-electron chi connectivity index (χ1n) is 5.63. The highest BCUT2D eigenvalue weighted by atomic mass is 16.8. The third kappa shape index (κ3) is 0.990. The van der Waals surface area contributed by atoms with Crippen molar-refractivity contribution in [1.29, 1.82) is 0 Å². The van der Waals surface area contributed by atoms with Crippen LogP contribution >= 0.6 is 0 Å². The van der Waals surface area contributed by atoms with Crippen molar-refractivity contribution in [3.05, 3.63) is 0 Å². The van der Waals surface area contributed by atoms with Crippen LogP contribution < -0.4 is 0 Å². The van der Waals surface area contributed by atoms with Gasteiger partial charge in [0, 0.05) is 0 Å². The summed E-state index contributed by atoms with van der Waals surface area (Å²) in [6, 6.07) is 0. The molecule has 3 saturated heterocycles. The normalized spacial score (nSPS) is 62.6. The van der Waals surface area contributed by atoms with Crippen LogP contribution in [0.15, 0.2) is 0 Å². The fourth-order valence-electron chi connectivity index (χ4n) is 3.27. The Bertz CT molecular complexity index is 313. The first-order chi connectivity index (χ1) is 7.21. The maximum absolute atomic E-state index is 10.0. The molecule has 0 spiro atoms. The Hall–Kier alpha value is -0.200. The molecule has 5 heteroatoms. The summed E-state index contributed by atoms with van der Waals surface area (Å²) >= 11 is 0. The summed E-state index contributed by atoms with van der Waals surface area (Å²) in [5.41, 5.74) is -1.76. The number of ether oxygens (including phenoxy) is 3. The predicted octanol–water partition coefficient (Wildman–Crippen LogP) is -0.211. The van der Waals surface area contributed by atoms with Crippen LogP contribution in [0, 0.1) is 0 Å². The van der Waals surface area contributed by atoms with Gasteiger partial charge in [-0.1, -0.05) is 0 Å². The molecule has 3 rings (SSSR count). The van der Waals surface area contributed by atoms with E-state index >= 15 is 0 Å². The molecular formula is C11H18O5. The predicted molar refractivity (Wildman–Crippen MR) is 53.7 cm³/mol. The van der Waals surface area contributed by atoms with Crippen molar-refractivity contribution in [3.8, 4) is 0 Å². The lowest BCUT2D eigenvalue weighted by atomic mass is 9.75. The second-order valence-corrected chi connectivity index (χ2v) is 5.84. The van der Waals surface area contributed by atoms with Crippen LogP contribution in [0.3, 0.4) is 0 Å². The second-order valence-electron chi connectivity index (χ2n) is 5.84. The van der Waals surface area contributed by atoms with Crippen LogP contribution in [-0.2, 0) is 14.2 Å². The van der Waals surface area contributed by atoms with E-state index in [0.29, 0.717) is 0 Å². The number of aliphatic hydroxyl groups excluding tert-OH is 2. The summed E-state index contributed by atoms with van der Waals surface area (Å²) in [4.78, 5) is 0. The second kappa shape index (κ2) is 2.62. The molecule has 0 saturated carbocycles. The minimum absolute atomic E-state index is 0.328. The van der Waals surface area contributed by atoms with E-state index in [0.717, 1.165) is 0 Å². The zero-order chi connectivity index (χ0) is 11.9. The Labute approximate surface area is 94.3 Å². The van der Waals surface area contributed by atoms with Crippen molar-refractivity contribution in [3.63, 3.8) is 0 Å². The van der Waals surface area contributed by atoms with Gasteiger partial charge >= 0.3 is 0 Å². The summed E-state index contributed by atoms with van der Waals surface area (Å²) in [5, 5.41) is 20.0. The third-order valence-corrected chi connectivity index (χ3v) is 4.14. The van der Waals surface area contributed by atoms with Crippen LogP contribution in [-0.4, -0.2) is 51.6 Å². The SMILES string of the molecule is CC1(C)OC2C(O1)C1(C)OC2(C)C(O)C1O. The molecule has 0 aliphatic carbocycles. The molecule has 6 unspecified atom stereocenters. The quantitative estimate of drug-likeness (QED) is 0.602. The summed E-state index contributed by atoms with van der Waals surface area (Å²) in [5.74, 6) is -0.689. The maximum Gasteiger partial charge on any atom is 0.164 e. The molecule has 2 bridgehead atoms. The average molecular weight is 230 g/mol. The monoisotopic (exact) mass is 230 g/mol. The Balaban J connectivity index is 2.05. The van der Waals surface area contributed by atoms with Crippen molar-refractivity contribution >= 4 is 0 Å². The van der Waals surface area contributed by atoms with E-state index in [9.17, 15) is 10.2 Å². The molecule has 0 aromatic heterocycles. The average Bonchev–Trinajstić information content (AvgIpc) is 2.65. The van der Waals surface area contributed by atoms with Crippen LogP contribution in [0.1, 0.15) is 27.7 Å². The Morgan fingerprint density at radius 2 is 1.19 bits per heavy atom. The summed E-state index contributed by atoms with van der Waals surface area (Å²) < 4.78 is 17.3. The molecule has 16 heavy (non-hydrogen) atoms. The van der Waals surface area contributed by atoms with Crippen molar-refractivity contribution < 1.29 is 24.4 Å². The highest BCUT2D eigenvalue weighted by Crippen LogP contribution is 2.57. The minimum Gasteiger partial charge on any atom is -0.387 e. The van der Waals surface area contributed by atoms with Crippen LogP contribution in [0.25, 0.3) is 0 Å². The maximum atomic E-state index is 10.0. The highest BCUT2D eigenvalue weighted by Gasteiger charge is 2.77. The largest absolute Gasteiger partial charge is 0.387 e. The van der Waals surface area contributed by atoms with Crippen LogP contribution in [0.5, 0.6) is 0 Å². The molecular weight excluding hydrogens is 212 g/mol. The Morgan fingerprint density at radius 3 is 1.56 bits per heavy atom. The molecule has 6 atom stereocenters. The number of hydrogen-bond donors (Lipinski definition) is 2. The number of hydrogen-bond acceptors (Lipinski definition) is 5. The third-order valence-electron chi connectivity index (χ3n) is 4.14. The van der Waals surface area contributed by atoms with E-state index in [2.05, 4.69) is 0 Å². The summed E-state index contributed by atoms with van der Waals surface area (Å²) in [6.45, 7) is 7.19. The van der Waals surface area contributed by atoms with Gasteiger partial charge in [-0.15, -0.1) is 0 Å². The molecule has 3 aliphatic rings. The smallest absolute Gasteiger partial charge is 0.164 e. The minimum atomic E-state index is -0.934. The van der Waals surface area contributed by atoms with Gasteiger partial charge in [0.2, 0.25) is 0 Å². The van der Waals surface area contributed by atoms with Crippen molar-refractivity contribution in [2.45, 2.75) is 69.1 Å². The molecule has 0 aromatic rings. The van der Waals surface area contributed by atoms with Gasteiger partial charge in [0.25, 0.3) is 0 Å². The fourth-order valence-corrected chi connectivity index (χ4v) is 3.27.